The maximum Gasteiger partial charge on any atom is 0.0798 e. The fraction of sp³-hybridized carbons (Fsp3) is 0.727. The molecule has 1 N–H and O–H groups in total. The standard InChI is InChI=1S/C11H18N2S2/c1-8-11(15-7-13-8)6-12-9-4-3-5-10(9)14-2/h7,9-10,12H,3-6H2,1-2H3. The van der Waals surface area contributed by atoms with Crippen LogP contribution < -0.4 is 5.32 Å². The van der Waals surface area contributed by atoms with E-state index < -0.39 is 0 Å². The third kappa shape index (κ3) is 2.74. The first-order valence-corrected chi connectivity index (χ1v) is 7.63. The molecular weight excluding hydrogens is 224 g/mol. The fourth-order valence-electron chi connectivity index (χ4n) is 2.16. The van der Waals surface area contributed by atoms with Crippen molar-refractivity contribution >= 4 is 23.1 Å². The van der Waals surface area contributed by atoms with Crippen LogP contribution in [0.5, 0.6) is 0 Å². The molecule has 0 radical (unpaired) electrons. The van der Waals surface area contributed by atoms with Gasteiger partial charge in [0.05, 0.1) is 11.2 Å². The van der Waals surface area contributed by atoms with Gasteiger partial charge in [-0.15, -0.1) is 11.3 Å². The van der Waals surface area contributed by atoms with Crippen LogP contribution in [-0.4, -0.2) is 22.5 Å². The summed E-state index contributed by atoms with van der Waals surface area (Å²) in [6.07, 6.45) is 6.32. The molecule has 1 saturated carbocycles. The highest BCUT2D eigenvalue weighted by atomic mass is 32.2. The summed E-state index contributed by atoms with van der Waals surface area (Å²) in [4.78, 5) is 5.66. The summed E-state index contributed by atoms with van der Waals surface area (Å²) < 4.78 is 0. The van der Waals surface area contributed by atoms with Crippen LogP contribution in [0.15, 0.2) is 5.51 Å². The summed E-state index contributed by atoms with van der Waals surface area (Å²) in [5.74, 6) is 0. The van der Waals surface area contributed by atoms with Gasteiger partial charge in [0.15, 0.2) is 0 Å². The number of hydrogen-bond acceptors (Lipinski definition) is 4. The lowest BCUT2D eigenvalue weighted by molar-refractivity contribution is 0.534. The van der Waals surface area contributed by atoms with Crippen LogP contribution >= 0.6 is 23.1 Å². The zero-order valence-corrected chi connectivity index (χ0v) is 11.0. The SMILES string of the molecule is CSC1CCCC1NCc1scnc1C. The smallest absolute Gasteiger partial charge is 0.0798 e. The number of thioether (sulfide) groups is 1. The molecule has 4 heteroatoms. The molecule has 0 spiro atoms. The molecule has 0 aromatic carbocycles. The summed E-state index contributed by atoms with van der Waals surface area (Å²) in [6, 6.07) is 0.710. The molecule has 2 unspecified atom stereocenters. The number of aromatic nitrogens is 1. The summed E-state index contributed by atoms with van der Waals surface area (Å²) in [5.41, 5.74) is 3.12. The highest BCUT2D eigenvalue weighted by Gasteiger charge is 2.25. The van der Waals surface area contributed by atoms with Gasteiger partial charge < -0.3 is 5.32 Å². The largest absolute Gasteiger partial charge is 0.308 e. The molecule has 1 aliphatic rings. The van der Waals surface area contributed by atoms with Gasteiger partial charge in [-0.2, -0.15) is 11.8 Å². The Morgan fingerprint density at radius 2 is 2.47 bits per heavy atom. The minimum Gasteiger partial charge on any atom is -0.308 e. The van der Waals surface area contributed by atoms with Crippen molar-refractivity contribution in [2.24, 2.45) is 0 Å². The quantitative estimate of drug-likeness (QED) is 0.879. The highest BCUT2D eigenvalue weighted by molar-refractivity contribution is 7.99. The van der Waals surface area contributed by atoms with E-state index in [1.54, 1.807) is 11.3 Å². The third-order valence-corrected chi connectivity index (χ3v) is 5.23. The number of hydrogen-bond donors (Lipinski definition) is 1. The second-order valence-electron chi connectivity index (χ2n) is 4.05. The van der Waals surface area contributed by atoms with E-state index in [0.29, 0.717) is 6.04 Å². The lowest BCUT2D eigenvalue weighted by Gasteiger charge is -2.18. The second kappa shape index (κ2) is 5.32. The molecule has 0 amide bonds. The van der Waals surface area contributed by atoms with Crippen LogP contribution in [0.25, 0.3) is 0 Å². The van der Waals surface area contributed by atoms with Crippen LogP contribution in [0.2, 0.25) is 0 Å². The third-order valence-electron chi connectivity index (χ3n) is 3.12. The van der Waals surface area contributed by atoms with Crippen molar-refractivity contribution in [1.82, 2.24) is 10.3 Å². The molecule has 1 aromatic rings. The molecule has 2 nitrogen and oxygen atoms in total. The summed E-state index contributed by atoms with van der Waals surface area (Å²) >= 11 is 3.77. The zero-order chi connectivity index (χ0) is 10.7. The molecule has 84 valence electrons. The molecule has 1 aromatic heterocycles. The fourth-order valence-corrected chi connectivity index (χ4v) is 3.85. The van der Waals surface area contributed by atoms with E-state index in [1.807, 2.05) is 17.3 Å². The number of rotatable bonds is 4. The van der Waals surface area contributed by atoms with Crippen LogP contribution in [0.3, 0.4) is 0 Å². The van der Waals surface area contributed by atoms with E-state index in [4.69, 9.17) is 0 Å². The van der Waals surface area contributed by atoms with Crippen molar-refractivity contribution in [1.29, 1.82) is 0 Å². The van der Waals surface area contributed by atoms with Gasteiger partial charge in [-0.3, -0.25) is 0 Å². The van der Waals surface area contributed by atoms with Gasteiger partial charge in [-0.05, 0) is 26.0 Å². The van der Waals surface area contributed by atoms with Gasteiger partial charge in [0.2, 0.25) is 0 Å². The molecule has 1 fully saturated rings. The molecule has 2 atom stereocenters. The van der Waals surface area contributed by atoms with Crippen molar-refractivity contribution in [2.45, 2.75) is 44.0 Å². The zero-order valence-electron chi connectivity index (χ0n) is 9.32. The minimum atomic E-state index is 0.710. The lowest BCUT2D eigenvalue weighted by Crippen LogP contribution is -2.33. The van der Waals surface area contributed by atoms with Gasteiger partial charge in [0.25, 0.3) is 0 Å². The molecule has 0 aliphatic heterocycles. The maximum atomic E-state index is 4.27. The van der Waals surface area contributed by atoms with Gasteiger partial charge in [0, 0.05) is 22.7 Å². The summed E-state index contributed by atoms with van der Waals surface area (Å²) in [7, 11) is 0. The highest BCUT2D eigenvalue weighted by Crippen LogP contribution is 2.28. The Hall–Kier alpha value is -0.0600. The van der Waals surface area contributed by atoms with E-state index in [-0.39, 0.29) is 0 Å². The average molecular weight is 242 g/mol. The van der Waals surface area contributed by atoms with E-state index in [1.165, 1.54) is 29.8 Å². The summed E-state index contributed by atoms with van der Waals surface area (Å²) in [6.45, 7) is 3.09. The topological polar surface area (TPSA) is 24.9 Å². The normalized spacial score (nSPS) is 26.0. The predicted octanol–water partition coefficient (Wildman–Crippen LogP) is 2.83. The van der Waals surface area contributed by atoms with Crippen LogP contribution in [0.4, 0.5) is 0 Å². The predicted molar refractivity (Wildman–Crippen MR) is 68.6 cm³/mol. The first-order chi connectivity index (χ1) is 7.31. The van der Waals surface area contributed by atoms with Crippen molar-refractivity contribution in [2.75, 3.05) is 6.26 Å². The van der Waals surface area contributed by atoms with Gasteiger partial charge >= 0.3 is 0 Å². The molecule has 2 rings (SSSR count). The Balaban J connectivity index is 1.85. The van der Waals surface area contributed by atoms with Crippen molar-refractivity contribution < 1.29 is 0 Å². The van der Waals surface area contributed by atoms with Crippen molar-refractivity contribution in [3.8, 4) is 0 Å². The first-order valence-electron chi connectivity index (χ1n) is 5.46. The molecule has 1 aliphatic carbocycles. The number of nitrogens with one attached hydrogen (secondary N) is 1. The van der Waals surface area contributed by atoms with E-state index in [9.17, 15) is 0 Å². The number of thiazole rings is 1. The molecule has 0 saturated heterocycles. The van der Waals surface area contributed by atoms with Crippen LogP contribution in [0, 0.1) is 6.92 Å². The Morgan fingerprint density at radius 3 is 3.13 bits per heavy atom. The van der Waals surface area contributed by atoms with E-state index >= 15 is 0 Å². The minimum absolute atomic E-state index is 0.710. The monoisotopic (exact) mass is 242 g/mol. The number of aryl methyl sites for hydroxylation is 1. The van der Waals surface area contributed by atoms with Gasteiger partial charge in [0.1, 0.15) is 0 Å². The molecule has 15 heavy (non-hydrogen) atoms. The maximum absolute atomic E-state index is 4.27. The molecular formula is C11H18N2S2. The Kier molecular flexibility index (Phi) is 4.05. The Morgan fingerprint density at radius 1 is 1.60 bits per heavy atom. The van der Waals surface area contributed by atoms with Crippen LogP contribution in [-0.2, 0) is 6.54 Å². The Bertz CT molecular complexity index is 311. The van der Waals surface area contributed by atoms with Crippen molar-refractivity contribution in [3.05, 3.63) is 16.1 Å². The van der Waals surface area contributed by atoms with Crippen molar-refractivity contribution in [3.63, 3.8) is 0 Å². The van der Waals surface area contributed by atoms with Crippen LogP contribution in [0.1, 0.15) is 29.8 Å². The molecule has 1 heterocycles. The average Bonchev–Trinajstić information content (AvgIpc) is 2.83. The van der Waals surface area contributed by atoms with E-state index in [0.717, 1.165) is 11.8 Å². The summed E-state index contributed by atoms with van der Waals surface area (Å²) in [5, 5.41) is 4.49. The second-order valence-corrected chi connectivity index (χ2v) is 6.07. The number of nitrogens with zero attached hydrogens (tertiary/aromatic N) is 1. The van der Waals surface area contributed by atoms with E-state index in [2.05, 4.69) is 23.5 Å². The van der Waals surface area contributed by atoms with Gasteiger partial charge in [-0.1, -0.05) is 6.42 Å². The van der Waals surface area contributed by atoms with Gasteiger partial charge in [-0.25, -0.2) is 4.98 Å². The Labute approximate surface area is 99.9 Å². The lowest BCUT2D eigenvalue weighted by atomic mass is 10.2. The first kappa shape index (κ1) is 11.4. The molecule has 0 bridgehead atoms.